The topological polar surface area (TPSA) is 320 Å². The molecule has 1 aromatic heterocycles. The second-order valence-corrected chi connectivity index (χ2v) is 15.6. The third-order valence-corrected chi connectivity index (χ3v) is 11.1. The van der Waals surface area contributed by atoms with Crippen LogP contribution in [-0.4, -0.2) is 119 Å². The number of aliphatic imine (C=N–C) groups is 1. The summed E-state index contributed by atoms with van der Waals surface area (Å²) in [5.41, 5.74) is 15.4. The van der Waals surface area contributed by atoms with Crippen molar-refractivity contribution in [2.75, 3.05) is 20.1 Å². The van der Waals surface area contributed by atoms with Gasteiger partial charge in [-0.05, 0) is 75.6 Å². The van der Waals surface area contributed by atoms with E-state index >= 15 is 0 Å². The smallest absolute Gasteiger partial charge is 0.331 e. The van der Waals surface area contributed by atoms with Crippen molar-refractivity contribution >= 4 is 64.6 Å². The summed E-state index contributed by atoms with van der Waals surface area (Å²) < 4.78 is 0. The van der Waals surface area contributed by atoms with E-state index in [4.69, 9.17) is 11.5 Å². The van der Waals surface area contributed by atoms with Crippen LogP contribution < -0.4 is 49.1 Å². The number of para-hydroxylation sites is 1. The number of guanidine groups is 1. The minimum absolute atomic E-state index is 0.0518. The summed E-state index contributed by atoms with van der Waals surface area (Å²) in [6.45, 7) is 0.489. The Labute approximate surface area is 358 Å². The SMILES string of the molecule is CNC(CCCN=C(N)N)C(=O)NC(Cc1c[nH]c2ccccc12)C(=O)NC(CCCCNC(=O)CC1NC(=O)N(C2(C(=O)NC(C=O)Cc3ccccc3)CC2)C1=O)C([NH3+])=O. The number of nitrogens with two attached hydrogens (primary N) is 2. The Hall–Kier alpha value is -6.67. The molecule has 2 aliphatic rings. The molecule has 2 aromatic carbocycles. The standard InChI is InChI=1S/C42H56N12O8/c1-46-31(15-9-19-48-40(44)45)36(58)52-32(21-26-23-49-29-13-6-5-12-28(26)29)37(59)51-30(35(43)57)14-7-8-18-47-34(56)22-33-38(60)54(41(62)53-33)42(16-17-42)39(61)50-27(24-55)20-25-10-3-2-4-11-25/h2-6,10-13,23-24,27,30-33,46,49H,7-9,14-22H2,1H3,(H2,43,57)(H,47,56)(H,50,61)(H,51,59)(H,52,58)(H,53,62)(H4,44,45,48)/p+1. The third-order valence-electron chi connectivity index (χ3n) is 11.1. The van der Waals surface area contributed by atoms with Crippen molar-refractivity contribution < 1.29 is 44.1 Å². The lowest BCUT2D eigenvalue weighted by Gasteiger charge is -2.25. The number of amides is 8. The molecule has 62 heavy (non-hydrogen) atoms. The normalized spacial score (nSPS) is 17.2. The van der Waals surface area contributed by atoms with Gasteiger partial charge in [0.25, 0.3) is 5.91 Å². The lowest BCUT2D eigenvalue weighted by Crippen LogP contribution is -2.67. The van der Waals surface area contributed by atoms with Gasteiger partial charge < -0.3 is 53.1 Å². The van der Waals surface area contributed by atoms with Crippen LogP contribution in [-0.2, 0) is 46.4 Å². The number of H-pyrrole nitrogens is 1. The Bertz CT molecular complexity index is 2130. The van der Waals surface area contributed by atoms with Gasteiger partial charge in [-0.1, -0.05) is 48.5 Å². The highest BCUT2D eigenvalue weighted by Crippen LogP contribution is 2.44. The molecule has 2 fully saturated rings. The fraction of sp³-hybridized carbons (Fsp3) is 0.452. The number of fused-ring (bicyclic) bond motifs is 1. The number of nitrogens with one attached hydrogen (secondary N) is 7. The van der Waals surface area contributed by atoms with Gasteiger partial charge in [0.2, 0.25) is 23.6 Å². The summed E-state index contributed by atoms with van der Waals surface area (Å²) in [6, 6.07) is 11.1. The van der Waals surface area contributed by atoms with Crippen molar-refractivity contribution in [2.24, 2.45) is 16.5 Å². The molecule has 14 N–H and O–H groups in total. The van der Waals surface area contributed by atoms with Crippen molar-refractivity contribution in [1.29, 1.82) is 0 Å². The zero-order valence-electron chi connectivity index (χ0n) is 34.7. The molecule has 2 heterocycles. The predicted octanol–water partition coefficient (Wildman–Crippen LogP) is -1.85. The van der Waals surface area contributed by atoms with Crippen molar-refractivity contribution in [1.82, 2.24) is 41.8 Å². The molecule has 1 saturated heterocycles. The Kier molecular flexibility index (Phi) is 16.3. The Morgan fingerprint density at radius 1 is 0.903 bits per heavy atom. The first kappa shape index (κ1) is 46.4. The van der Waals surface area contributed by atoms with Crippen LogP contribution in [0.15, 0.2) is 65.8 Å². The molecule has 1 aliphatic heterocycles. The van der Waals surface area contributed by atoms with Crippen LogP contribution in [0.25, 0.3) is 10.9 Å². The summed E-state index contributed by atoms with van der Waals surface area (Å²) in [5, 5.41) is 17.3. The molecule has 20 heteroatoms. The van der Waals surface area contributed by atoms with Crippen LogP contribution in [0.5, 0.6) is 0 Å². The first-order valence-electron chi connectivity index (χ1n) is 20.7. The highest BCUT2D eigenvalue weighted by Gasteiger charge is 2.62. The van der Waals surface area contributed by atoms with E-state index in [1.54, 1.807) is 13.2 Å². The average Bonchev–Trinajstić information content (AvgIpc) is 3.86. The van der Waals surface area contributed by atoms with Gasteiger partial charge in [0, 0.05) is 36.6 Å². The van der Waals surface area contributed by atoms with Crippen molar-refractivity contribution in [3.05, 3.63) is 71.9 Å². The molecule has 8 amide bonds. The van der Waals surface area contributed by atoms with Crippen LogP contribution in [0.2, 0.25) is 0 Å². The molecule has 1 aliphatic carbocycles. The van der Waals surface area contributed by atoms with E-state index in [0.29, 0.717) is 38.5 Å². The van der Waals surface area contributed by atoms with Crippen LogP contribution in [0, 0.1) is 0 Å². The van der Waals surface area contributed by atoms with Crippen LogP contribution in [0.3, 0.4) is 0 Å². The van der Waals surface area contributed by atoms with Gasteiger partial charge >= 0.3 is 11.9 Å². The van der Waals surface area contributed by atoms with E-state index in [-0.39, 0.29) is 51.0 Å². The second-order valence-electron chi connectivity index (χ2n) is 15.6. The number of unbranched alkanes of at least 4 members (excludes halogenated alkanes) is 1. The first-order chi connectivity index (χ1) is 29.8. The molecule has 0 spiro atoms. The van der Waals surface area contributed by atoms with Crippen LogP contribution in [0.1, 0.15) is 62.5 Å². The highest BCUT2D eigenvalue weighted by atomic mass is 16.2. The van der Waals surface area contributed by atoms with E-state index < -0.39 is 77.2 Å². The van der Waals surface area contributed by atoms with Gasteiger partial charge in [0.1, 0.15) is 30.0 Å². The summed E-state index contributed by atoms with van der Waals surface area (Å²) in [7, 11) is 1.63. The van der Waals surface area contributed by atoms with E-state index in [2.05, 4.69) is 47.6 Å². The maximum atomic E-state index is 13.8. The number of likely N-dealkylation sites (N-methyl/N-ethyl adjacent to an activating group) is 1. The van der Waals surface area contributed by atoms with Crippen molar-refractivity contribution in [3.63, 3.8) is 0 Å². The number of carbonyl (C=O) groups excluding carboxylic acids is 8. The maximum absolute atomic E-state index is 13.8. The highest BCUT2D eigenvalue weighted by molar-refractivity contribution is 6.11. The molecule has 1 saturated carbocycles. The fourth-order valence-electron chi connectivity index (χ4n) is 7.51. The van der Waals surface area contributed by atoms with Crippen molar-refractivity contribution in [3.8, 4) is 0 Å². The van der Waals surface area contributed by atoms with Crippen LogP contribution in [0.4, 0.5) is 4.79 Å². The molecular formula is C42H57N12O8+. The Morgan fingerprint density at radius 2 is 1.58 bits per heavy atom. The van der Waals surface area contributed by atoms with Gasteiger partial charge in [0.05, 0.1) is 18.5 Å². The quantitative estimate of drug-likeness (QED) is 0.0148. The predicted molar refractivity (Wildman–Crippen MR) is 227 cm³/mol. The summed E-state index contributed by atoms with van der Waals surface area (Å²) in [5.74, 6) is -3.42. The van der Waals surface area contributed by atoms with E-state index in [1.807, 2.05) is 54.6 Å². The number of imide groups is 1. The molecule has 3 aromatic rings. The number of benzene rings is 2. The van der Waals surface area contributed by atoms with Crippen molar-refractivity contribution in [2.45, 2.75) is 100.0 Å². The maximum Gasteiger partial charge on any atom is 0.331 e. The fourth-order valence-corrected chi connectivity index (χ4v) is 7.51. The summed E-state index contributed by atoms with van der Waals surface area (Å²) >= 11 is 0. The number of urea groups is 1. The third kappa shape index (κ3) is 12.2. The van der Waals surface area contributed by atoms with E-state index in [9.17, 15) is 38.4 Å². The molecular weight excluding hydrogens is 801 g/mol. The monoisotopic (exact) mass is 857 g/mol. The molecule has 0 bridgehead atoms. The van der Waals surface area contributed by atoms with E-state index in [0.717, 1.165) is 26.9 Å². The molecule has 0 radical (unpaired) electrons. The lowest BCUT2D eigenvalue weighted by atomic mass is 10.0. The lowest BCUT2D eigenvalue weighted by molar-refractivity contribution is -0.308. The first-order valence-corrected chi connectivity index (χ1v) is 20.7. The Morgan fingerprint density at radius 3 is 2.26 bits per heavy atom. The number of rotatable bonds is 25. The Balaban J connectivity index is 1.10. The zero-order valence-corrected chi connectivity index (χ0v) is 34.7. The van der Waals surface area contributed by atoms with Gasteiger partial charge in [-0.2, -0.15) is 0 Å². The molecule has 5 rings (SSSR count). The summed E-state index contributed by atoms with van der Waals surface area (Å²) in [4.78, 5) is 112. The van der Waals surface area contributed by atoms with Crippen LogP contribution >= 0.6 is 0 Å². The average molecular weight is 858 g/mol. The summed E-state index contributed by atoms with van der Waals surface area (Å²) in [6.07, 6.45) is 4.70. The number of nitrogens with zero attached hydrogens (tertiary/aromatic N) is 2. The zero-order chi connectivity index (χ0) is 44.8. The molecule has 5 atom stereocenters. The minimum Gasteiger partial charge on any atom is -0.370 e. The number of aromatic amines is 1. The van der Waals surface area contributed by atoms with Gasteiger partial charge in [-0.25, -0.2) is 14.5 Å². The molecule has 332 valence electrons. The number of hydrogen-bond acceptors (Lipinski definition) is 10. The number of quaternary nitrogens is 1. The molecule has 20 nitrogen and oxygen atoms in total. The van der Waals surface area contributed by atoms with E-state index in [1.165, 1.54) is 0 Å². The van der Waals surface area contributed by atoms with Gasteiger partial charge in [-0.15, -0.1) is 0 Å². The minimum atomic E-state index is -1.44. The second kappa shape index (κ2) is 21.7. The van der Waals surface area contributed by atoms with Gasteiger partial charge in [-0.3, -0.25) is 34.7 Å². The van der Waals surface area contributed by atoms with Gasteiger partial charge in [0.15, 0.2) is 5.96 Å². The largest absolute Gasteiger partial charge is 0.370 e. The number of hydrogen-bond donors (Lipinski definition) is 10. The number of aldehydes is 1. The number of carbonyl (C=O) groups is 8. The molecule has 5 unspecified atom stereocenters. The number of aromatic nitrogens is 1.